The quantitative estimate of drug-likeness (QED) is 0.435. The monoisotopic (exact) mass is 424 g/mol. The largest absolute Gasteiger partial charge is 0.454 e. The van der Waals surface area contributed by atoms with Crippen LogP contribution in [0.25, 0.3) is 0 Å². The molecule has 0 radical (unpaired) electrons. The normalized spacial score (nSPS) is 23.9. The molecule has 0 unspecified atom stereocenters. The van der Waals surface area contributed by atoms with Crippen LogP contribution < -0.4 is 16.0 Å². The Balaban J connectivity index is 1.83. The highest BCUT2D eigenvalue weighted by molar-refractivity contribution is 6.08. The van der Waals surface area contributed by atoms with Crippen LogP contribution in [0.4, 0.5) is 9.59 Å². The molecule has 1 saturated heterocycles. The predicted octanol–water partition coefficient (Wildman–Crippen LogP) is 1.29. The summed E-state index contributed by atoms with van der Waals surface area (Å²) in [5.41, 5.74) is -0.835. The number of rotatable bonds is 6. The van der Waals surface area contributed by atoms with E-state index in [1.807, 2.05) is 12.2 Å². The van der Waals surface area contributed by atoms with E-state index in [-0.39, 0.29) is 5.41 Å². The molecule has 2 aliphatic rings. The lowest BCUT2D eigenvalue weighted by atomic mass is 9.67. The second-order valence-electron chi connectivity index (χ2n) is 9.01. The third-order valence-corrected chi connectivity index (χ3v) is 5.75. The van der Waals surface area contributed by atoms with Crippen molar-refractivity contribution in [3.05, 3.63) is 0 Å². The minimum Gasteiger partial charge on any atom is -0.454 e. The summed E-state index contributed by atoms with van der Waals surface area (Å²) in [4.78, 5) is 61.1. The lowest BCUT2D eigenvalue weighted by molar-refractivity contribution is -0.151. The molecule has 0 aromatic carbocycles. The van der Waals surface area contributed by atoms with Crippen molar-refractivity contribution >= 4 is 29.8 Å². The summed E-state index contributed by atoms with van der Waals surface area (Å²) in [5.74, 6) is -1.67. The number of hydrogen-bond donors (Lipinski definition) is 3. The van der Waals surface area contributed by atoms with Crippen LogP contribution in [-0.2, 0) is 19.1 Å². The van der Waals surface area contributed by atoms with Gasteiger partial charge in [-0.3, -0.25) is 24.6 Å². The molecular weight excluding hydrogens is 392 g/mol. The zero-order chi connectivity index (χ0) is 22.5. The number of imide groups is 2. The minimum atomic E-state index is -0.964. The summed E-state index contributed by atoms with van der Waals surface area (Å²) in [5, 5.41) is 7.22. The molecule has 1 spiro atoms. The number of carbonyl (C=O) groups is 5. The van der Waals surface area contributed by atoms with Crippen molar-refractivity contribution in [3.8, 4) is 0 Å². The Morgan fingerprint density at radius 1 is 1.20 bits per heavy atom. The number of amides is 6. The topological polar surface area (TPSA) is 134 Å². The second kappa shape index (κ2) is 9.44. The standard InChI is InChI=1S/C20H32N4O6/c1-5-10-21-17(28)22-14(25)12-30-15(26)11-24-16(27)20(23-18(24)29)8-6-13(7-9-20)19(2,3)4/h13H,5-12H2,1-4H3,(H,23,29)(H2,21,22,25,28). The first-order valence-electron chi connectivity index (χ1n) is 10.4. The summed E-state index contributed by atoms with van der Waals surface area (Å²) in [6.07, 6.45) is 3.39. The third kappa shape index (κ3) is 5.70. The lowest BCUT2D eigenvalue weighted by Gasteiger charge is -2.40. The van der Waals surface area contributed by atoms with Crippen molar-refractivity contribution in [3.63, 3.8) is 0 Å². The summed E-state index contributed by atoms with van der Waals surface area (Å²) in [7, 11) is 0. The molecule has 2 fully saturated rings. The summed E-state index contributed by atoms with van der Waals surface area (Å²) in [6.45, 7) is 7.50. The molecule has 1 heterocycles. The number of carbonyl (C=O) groups excluding carboxylic acids is 5. The van der Waals surface area contributed by atoms with E-state index in [1.54, 1.807) is 0 Å². The Morgan fingerprint density at radius 2 is 1.83 bits per heavy atom. The van der Waals surface area contributed by atoms with Crippen LogP contribution in [0.15, 0.2) is 0 Å². The van der Waals surface area contributed by atoms with E-state index in [0.717, 1.165) is 17.7 Å². The number of hydrogen-bond acceptors (Lipinski definition) is 6. The summed E-state index contributed by atoms with van der Waals surface area (Å²) >= 11 is 0. The average Bonchev–Trinajstić information content (AvgIpc) is 2.88. The number of urea groups is 2. The van der Waals surface area contributed by atoms with Crippen molar-refractivity contribution in [2.45, 2.75) is 65.3 Å². The number of esters is 1. The fraction of sp³-hybridized carbons (Fsp3) is 0.750. The molecule has 6 amide bonds. The number of nitrogens with one attached hydrogen (secondary N) is 3. The van der Waals surface area contributed by atoms with Gasteiger partial charge in [-0.25, -0.2) is 9.59 Å². The van der Waals surface area contributed by atoms with E-state index in [1.165, 1.54) is 0 Å². The van der Waals surface area contributed by atoms with Gasteiger partial charge in [0.1, 0.15) is 12.1 Å². The fourth-order valence-electron chi connectivity index (χ4n) is 3.90. The van der Waals surface area contributed by atoms with Crippen molar-refractivity contribution < 1.29 is 28.7 Å². The second-order valence-corrected chi connectivity index (χ2v) is 9.01. The van der Waals surface area contributed by atoms with Gasteiger partial charge in [0.25, 0.3) is 11.8 Å². The van der Waals surface area contributed by atoms with E-state index < -0.39 is 48.5 Å². The molecule has 2 rings (SSSR count). The lowest BCUT2D eigenvalue weighted by Crippen LogP contribution is -2.50. The number of ether oxygens (including phenoxy) is 1. The van der Waals surface area contributed by atoms with Crippen molar-refractivity contribution in [1.29, 1.82) is 0 Å². The highest BCUT2D eigenvalue weighted by Crippen LogP contribution is 2.43. The third-order valence-electron chi connectivity index (χ3n) is 5.75. The van der Waals surface area contributed by atoms with E-state index in [2.05, 4.69) is 31.4 Å². The van der Waals surface area contributed by atoms with Gasteiger partial charge in [-0.1, -0.05) is 27.7 Å². The maximum atomic E-state index is 12.9. The molecule has 10 heteroatoms. The first-order chi connectivity index (χ1) is 14.0. The van der Waals surface area contributed by atoms with Crippen molar-refractivity contribution in [2.24, 2.45) is 11.3 Å². The van der Waals surface area contributed by atoms with Gasteiger partial charge in [0.05, 0.1) is 0 Å². The zero-order valence-electron chi connectivity index (χ0n) is 18.1. The SMILES string of the molecule is CCCNC(=O)NC(=O)COC(=O)CN1C(=O)NC2(CCC(C(C)(C)C)CC2)C1=O. The Kier molecular flexibility index (Phi) is 7.44. The van der Waals surface area contributed by atoms with Gasteiger partial charge < -0.3 is 15.4 Å². The zero-order valence-corrected chi connectivity index (χ0v) is 18.1. The molecule has 168 valence electrons. The molecule has 0 atom stereocenters. The molecule has 1 saturated carbocycles. The molecule has 1 aliphatic carbocycles. The van der Waals surface area contributed by atoms with Crippen molar-refractivity contribution in [2.75, 3.05) is 19.7 Å². The first-order valence-corrected chi connectivity index (χ1v) is 10.4. The van der Waals surface area contributed by atoms with Crippen LogP contribution in [0.2, 0.25) is 0 Å². The Morgan fingerprint density at radius 3 is 2.40 bits per heavy atom. The van der Waals surface area contributed by atoms with Crippen LogP contribution in [0, 0.1) is 11.3 Å². The van der Waals surface area contributed by atoms with Crippen LogP contribution in [0.5, 0.6) is 0 Å². The predicted molar refractivity (Wildman–Crippen MR) is 107 cm³/mol. The van der Waals surface area contributed by atoms with Crippen molar-refractivity contribution in [1.82, 2.24) is 20.9 Å². The van der Waals surface area contributed by atoms with E-state index in [4.69, 9.17) is 4.74 Å². The van der Waals surface area contributed by atoms with E-state index in [9.17, 15) is 24.0 Å². The minimum absolute atomic E-state index is 0.130. The maximum absolute atomic E-state index is 12.9. The molecule has 1 aliphatic heterocycles. The van der Waals surface area contributed by atoms with E-state index in [0.29, 0.717) is 31.7 Å². The highest BCUT2D eigenvalue weighted by Gasteiger charge is 2.53. The smallest absolute Gasteiger partial charge is 0.326 e. The average molecular weight is 424 g/mol. The van der Waals surface area contributed by atoms with Crippen LogP contribution in [0.3, 0.4) is 0 Å². The molecule has 10 nitrogen and oxygen atoms in total. The molecule has 0 aromatic rings. The highest BCUT2D eigenvalue weighted by atomic mass is 16.5. The summed E-state index contributed by atoms with van der Waals surface area (Å²) < 4.78 is 4.80. The van der Waals surface area contributed by atoms with Crippen LogP contribution >= 0.6 is 0 Å². The Labute approximate surface area is 176 Å². The first kappa shape index (κ1) is 23.6. The molecular formula is C20H32N4O6. The summed E-state index contributed by atoms with van der Waals surface area (Å²) in [6, 6.07) is -1.31. The molecule has 0 aromatic heterocycles. The van der Waals surface area contributed by atoms with Crippen LogP contribution in [-0.4, -0.2) is 60.0 Å². The van der Waals surface area contributed by atoms with Gasteiger partial charge in [0.15, 0.2) is 6.61 Å². The fourth-order valence-corrected chi connectivity index (χ4v) is 3.90. The van der Waals surface area contributed by atoms with Gasteiger partial charge in [-0.15, -0.1) is 0 Å². The Hall–Kier alpha value is -2.65. The van der Waals surface area contributed by atoms with Gasteiger partial charge >= 0.3 is 18.0 Å². The Bertz CT molecular complexity index is 707. The molecule has 3 N–H and O–H groups in total. The maximum Gasteiger partial charge on any atom is 0.326 e. The van der Waals surface area contributed by atoms with Gasteiger partial charge in [0, 0.05) is 6.54 Å². The van der Waals surface area contributed by atoms with Crippen LogP contribution in [0.1, 0.15) is 59.8 Å². The van der Waals surface area contributed by atoms with Gasteiger partial charge in [-0.05, 0) is 43.4 Å². The molecule has 30 heavy (non-hydrogen) atoms. The number of nitrogens with zero attached hydrogens (tertiary/aromatic N) is 1. The molecule has 0 bridgehead atoms. The van der Waals surface area contributed by atoms with Gasteiger partial charge in [-0.2, -0.15) is 0 Å². The van der Waals surface area contributed by atoms with Gasteiger partial charge in [0.2, 0.25) is 0 Å². The van der Waals surface area contributed by atoms with E-state index >= 15 is 0 Å².